The zero-order chi connectivity index (χ0) is 8.97. The Hall–Kier alpha value is -0.890. The predicted octanol–water partition coefficient (Wildman–Crippen LogP) is 2.43. The quantitative estimate of drug-likeness (QED) is 0.683. The molecule has 0 fully saturated rings. The maximum absolute atomic E-state index is 10.9. The van der Waals surface area contributed by atoms with Crippen LogP contribution < -0.4 is 0 Å². The standard InChI is InChI=1S/C10H12OS/c1-9(8-12(2)11)10-6-4-3-5-7-10/h3-8H,1-2H3. The van der Waals surface area contributed by atoms with Crippen LogP contribution in [0.1, 0.15) is 12.5 Å². The van der Waals surface area contributed by atoms with Crippen LogP contribution >= 0.6 is 0 Å². The molecule has 0 aliphatic rings. The van der Waals surface area contributed by atoms with E-state index >= 15 is 0 Å². The van der Waals surface area contributed by atoms with Gasteiger partial charge in [-0.3, -0.25) is 4.21 Å². The molecular weight excluding hydrogens is 168 g/mol. The van der Waals surface area contributed by atoms with Gasteiger partial charge in [-0.1, -0.05) is 30.3 Å². The summed E-state index contributed by atoms with van der Waals surface area (Å²) in [6, 6.07) is 9.95. The van der Waals surface area contributed by atoms with Gasteiger partial charge in [0.1, 0.15) is 0 Å². The summed E-state index contributed by atoms with van der Waals surface area (Å²) in [6.07, 6.45) is 1.67. The molecule has 0 saturated heterocycles. The van der Waals surface area contributed by atoms with Gasteiger partial charge < -0.3 is 0 Å². The first-order chi connectivity index (χ1) is 5.70. The van der Waals surface area contributed by atoms with E-state index in [1.807, 2.05) is 37.3 Å². The zero-order valence-corrected chi connectivity index (χ0v) is 8.10. The third-order valence-electron chi connectivity index (χ3n) is 1.57. The highest BCUT2D eigenvalue weighted by Crippen LogP contribution is 2.12. The molecule has 12 heavy (non-hydrogen) atoms. The highest BCUT2D eigenvalue weighted by Gasteiger charge is 1.93. The van der Waals surface area contributed by atoms with Gasteiger partial charge >= 0.3 is 0 Å². The molecule has 0 amide bonds. The maximum Gasteiger partial charge on any atom is 0.0427 e. The van der Waals surface area contributed by atoms with Gasteiger partial charge in [-0.2, -0.15) is 0 Å². The molecule has 0 radical (unpaired) electrons. The van der Waals surface area contributed by atoms with E-state index in [1.54, 1.807) is 11.7 Å². The van der Waals surface area contributed by atoms with Crippen LogP contribution in [-0.2, 0) is 10.8 Å². The van der Waals surface area contributed by atoms with E-state index in [1.165, 1.54) is 0 Å². The summed E-state index contributed by atoms with van der Waals surface area (Å²) < 4.78 is 10.9. The molecular formula is C10H12OS. The average Bonchev–Trinajstić information content (AvgIpc) is 2.05. The lowest BCUT2D eigenvalue weighted by Crippen LogP contribution is -1.82. The second-order valence-electron chi connectivity index (χ2n) is 2.67. The minimum atomic E-state index is -0.858. The van der Waals surface area contributed by atoms with Crippen molar-refractivity contribution in [2.24, 2.45) is 0 Å². The van der Waals surface area contributed by atoms with Crippen molar-refractivity contribution in [2.45, 2.75) is 6.92 Å². The summed E-state index contributed by atoms with van der Waals surface area (Å²) in [5.41, 5.74) is 2.20. The molecule has 1 aromatic carbocycles. The lowest BCUT2D eigenvalue weighted by atomic mass is 10.1. The number of benzene rings is 1. The van der Waals surface area contributed by atoms with Gasteiger partial charge in [0, 0.05) is 22.5 Å². The lowest BCUT2D eigenvalue weighted by molar-refractivity contribution is 0.692. The summed E-state index contributed by atoms with van der Waals surface area (Å²) in [5, 5.41) is 1.76. The summed E-state index contributed by atoms with van der Waals surface area (Å²) in [4.78, 5) is 0. The van der Waals surface area contributed by atoms with E-state index in [-0.39, 0.29) is 0 Å². The largest absolute Gasteiger partial charge is 0.255 e. The van der Waals surface area contributed by atoms with E-state index in [2.05, 4.69) is 0 Å². The Morgan fingerprint density at radius 3 is 2.42 bits per heavy atom. The van der Waals surface area contributed by atoms with Crippen molar-refractivity contribution < 1.29 is 4.21 Å². The second kappa shape index (κ2) is 4.21. The molecule has 0 spiro atoms. The van der Waals surface area contributed by atoms with E-state index in [0.29, 0.717) is 0 Å². The Balaban J connectivity index is 2.93. The average molecular weight is 180 g/mol. The Labute approximate surface area is 75.6 Å². The predicted molar refractivity (Wildman–Crippen MR) is 54.2 cm³/mol. The van der Waals surface area contributed by atoms with Crippen LogP contribution in [0.15, 0.2) is 35.7 Å². The summed E-state index contributed by atoms with van der Waals surface area (Å²) in [5.74, 6) is 0. The Bertz CT molecular complexity index is 301. The summed E-state index contributed by atoms with van der Waals surface area (Å²) >= 11 is 0. The fourth-order valence-corrected chi connectivity index (χ4v) is 1.65. The molecule has 0 heterocycles. The number of hydrogen-bond donors (Lipinski definition) is 0. The van der Waals surface area contributed by atoms with Crippen molar-refractivity contribution in [1.29, 1.82) is 0 Å². The van der Waals surface area contributed by atoms with Crippen molar-refractivity contribution in [3.8, 4) is 0 Å². The number of hydrogen-bond acceptors (Lipinski definition) is 1. The topological polar surface area (TPSA) is 17.1 Å². The van der Waals surface area contributed by atoms with Crippen molar-refractivity contribution >= 4 is 16.4 Å². The smallest absolute Gasteiger partial charge is 0.0427 e. The minimum Gasteiger partial charge on any atom is -0.255 e. The highest BCUT2D eigenvalue weighted by atomic mass is 32.2. The van der Waals surface area contributed by atoms with Gasteiger partial charge in [-0.05, 0) is 18.1 Å². The molecule has 1 rings (SSSR count). The SMILES string of the molecule is CC(=CS(C)=O)c1ccccc1. The van der Waals surface area contributed by atoms with Gasteiger partial charge in [0.2, 0.25) is 0 Å². The van der Waals surface area contributed by atoms with Gasteiger partial charge in [0.25, 0.3) is 0 Å². The van der Waals surface area contributed by atoms with Crippen LogP contribution in [0.25, 0.3) is 5.57 Å². The molecule has 0 N–H and O–H groups in total. The first-order valence-corrected chi connectivity index (χ1v) is 5.38. The maximum atomic E-state index is 10.9. The van der Waals surface area contributed by atoms with E-state index in [9.17, 15) is 4.21 Å². The fourth-order valence-electron chi connectivity index (χ4n) is 1.02. The van der Waals surface area contributed by atoms with Gasteiger partial charge in [0.15, 0.2) is 0 Å². The normalized spacial score (nSPS) is 14.3. The highest BCUT2D eigenvalue weighted by molar-refractivity contribution is 7.87. The van der Waals surface area contributed by atoms with Crippen molar-refractivity contribution in [1.82, 2.24) is 0 Å². The van der Waals surface area contributed by atoms with Crippen LogP contribution in [-0.4, -0.2) is 10.5 Å². The molecule has 0 aromatic heterocycles. The number of allylic oxidation sites excluding steroid dienone is 1. The zero-order valence-electron chi connectivity index (χ0n) is 7.28. The molecule has 1 atom stereocenters. The van der Waals surface area contributed by atoms with Crippen LogP contribution in [0.4, 0.5) is 0 Å². The molecule has 1 unspecified atom stereocenters. The molecule has 0 aliphatic heterocycles. The van der Waals surface area contributed by atoms with E-state index in [0.717, 1.165) is 11.1 Å². The van der Waals surface area contributed by atoms with Crippen molar-refractivity contribution in [3.63, 3.8) is 0 Å². The first-order valence-electron chi connectivity index (χ1n) is 3.76. The summed E-state index contributed by atoms with van der Waals surface area (Å²) in [6.45, 7) is 1.97. The van der Waals surface area contributed by atoms with Crippen LogP contribution in [0, 0.1) is 0 Å². The lowest BCUT2D eigenvalue weighted by Gasteiger charge is -1.98. The molecule has 2 heteroatoms. The minimum absolute atomic E-state index is 0.858. The van der Waals surface area contributed by atoms with Crippen molar-refractivity contribution in [2.75, 3.05) is 6.26 Å². The van der Waals surface area contributed by atoms with E-state index < -0.39 is 10.8 Å². The third kappa shape index (κ3) is 2.62. The van der Waals surface area contributed by atoms with Crippen LogP contribution in [0.5, 0.6) is 0 Å². The molecule has 64 valence electrons. The van der Waals surface area contributed by atoms with Gasteiger partial charge in [-0.15, -0.1) is 0 Å². The first kappa shape index (κ1) is 9.20. The fraction of sp³-hybridized carbons (Fsp3) is 0.200. The third-order valence-corrected chi connectivity index (χ3v) is 2.26. The molecule has 0 aliphatic carbocycles. The Morgan fingerprint density at radius 1 is 1.33 bits per heavy atom. The Morgan fingerprint density at radius 2 is 1.92 bits per heavy atom. The van der Waals surface area contributed by atoms with Crippen LogP contribution in [0.3, 0.4) is 0 Å². The molecule has 0 bridgehead atoms. The summed E-state index contributed by atoms with van der Waals surface area (Å²) in [7, 11) is -0.858. The molecule has 1 nitrogen and oxygen atoms in total. The van der Waals surface area contributed by atoms with Gasteiger partial charge in [0.05, 0.1) is 0 Å². The van der Waals surface area contributed by atoms with Gasteiger partial charge in [-0.25, -0.2) is 0 Å². The molecule has 0 saturated carbocycles. The molecule has 1 aromatic rings. The number of rotatable bonds is 2. The van der Waals surface area contributed by atoms with Crippen LogP contribution in [0.2, 0.25) is 0 Å². The van der Waals surface area contributed by atoms with Crippen molar-refractivity contribution in [3.05, 3.63) is 41.3 Å². The Kier molecular flexibility index (Phi) is 3.23. The monoisotopic (exact) mass is 180 g/mol. The van der Waals surface area contributed by atoms with E-state index in [4.69, 9.17) is 0 Å². The second-order valence-corrected chi connectivity index (χ2v) is 3.90.